The van der Waals surface area contributed by atoms with Crippen LogP contribution < -0.4 is 5.32 Å². The third kappa shape index (κ3) is 3.40. The zero-order valence-electron chi connectivity index (χ0n) is 12.4. The lowest BCUT2D eigenvalue weighted by Crippen LogP contribution is -2.16. The molecule has 0 atom stereocenters. The summed E-state index contributed by atoms with van der Waals surface area (Å²) >= 11 is 0. The minimum absolute atomic E-state index is 0.00967. The van der Waals surface area contributed by atoms with E-state index in [1.165, 1.54) is 6.07 Å². The maximum absolute atomic E-state index is 12.2. The number of H-pyrrole nitrogens is 1. The largest absolute Gasteiger partial charge is 0.326 e. The van der Waals surface area contributed by atoms with E-state index in [-0.39, 0.29) is 17.2 Å². The summed E-state index contributed by atoms with van der Waals surface area (Å²) in [6, 6.07) is 11.9. The summed E-state index contributed by atoms with van der Waals surface area (Å²) < 4.78 is 23.5. The molecule has 118 valence electrons. The minimum Gasteiger partial charge on any atom is -0.326 e. The molecule has 0 radical (unpaired) electrons. The Morgan fingerprint density at radius 2 is 2.00 bits per heavy atom. The van der Waals surface area contributed by atoms with E-state index in [2.05, 4.69) is 15.5 Å². The molecule has 2 N–H and O–H groups in total. The first-order valence-electron chi connectivity index (χ1n) is 6.94. The Kier molecular flexibility index (Phi) is 3.87. The Morgan fingerprint density at radius 3 is 2.78 bits per heavy atom. The van der Waals surface area contributed by atoms with E-state index in [1.54, 1.807) is 36.5 Å². The number of nitrogens with zero attached hydrogens (tertiary/aromatic N) is 1. The standard InChI is InChI=1S/C16H15N3O3S/c1-23(21,22)15-5-3-2-4-11(15)8-16(20)18-13-7-6-12-10-17-19-14(12)9-13/h2-7,9-10H,8H2,1H3,(H,17,19)(H,18,20). The normalized spacial score (nSPS) is 11.5. The van der Waals surface area contributed by atoms with Crippen LogP contribution in [-0.4, -0.2) is 30.8 Å². The second-order valence-corrected chi connectivity index (χ2v) is 7.26. The summed E-state index contributed by atoms with van der Waals surface area (Å²) in [4.78, 5) is 12.4. The van der Waals surface area contributed by atoms with Crippen LogP contribution in [-0.2, 0) is 21.1 Å². The second kappa shape index (κ2) is 5.85. The highest BCUT2D eigenvalue weighted by atomic mass is 32.2. The van der Waals surface area contributed by atoms with Gasteiger partial charge in [0.1, 0.15) is 0 Å². The molecule has 0 bridgehead atoms. The average Bonchev–Trinajstić information content (AvgIpc) is 2.94. The maximum Gasteiger partial charge on any atom is 0.228 e. The number of fused-ring (bicyclic) bond motifs is 1. The lowest BCUT2D eigenvalue weighted by atomic mass is 10.1. The molecule has 1 heterocycles. The molecule has 2 aromatic carbocycles. The number of sulfone groups is 1. The number of hydrogen-bond acceptors (Lipinski definition) is 4. The SMILES string of the molecule is CS(=O)(=O)c1ccccc1CC(=O)Nc1ccc2cn[nH]c2c1. The number of aromatic nitrogens is 2. The zero-order chi connectivity index (χ0) is 16.4. The van der Waals surface area contributed by atoms with Crippen molar-refractivity contribution in [2.75, 3.05) is 11.6 Å². The van der Waals surface area contributed by atoms with Gasteiger partial charge in [0.25, 0.3) is 0 Å². The molecule has 23 heavy (non-hydrogen) atoms. The molecule has 1 aromatic heterocycles. The van der Waals surface area contributed by atoms with Crippen LogP contribution in [0.15, 0.2) is 53.6 Å². The number of aromatic amines is 1. The number of rotatable bonds is 4. The molecule has 0 fully saturated rings. The van der Waals surface area contributed by atoms with Crippen LogP contribution in [0.2, 0.25) is 0 Å². The molecule has 0 saturated heterocycles. The lowest BCUT2D eigenvalue weighted by Gasteiger charge is -2.09. The summed E-state index contributed by atoms with van der Waals surface area (Å²) in [5.41, 5.74) is 1.93. The van der Waals surface area contributed by atoms with Gasteiger partial charge < -0.3 is 5.32 Å². The van der Waals surface area contributed by atoms with Gasteiger partial charge in [-0.3, -0.25) is 9.89 Å². The van der Waals surface area contributed by atoms with Gasteiger partial charge in [0.05, 0.1) is 23.0 Å². The fourth-order valence-electron chi connectivity index (χ4n) is 2.40. The fourth-order valence-corrected chi connectivity index (χ4v) is 3.35. The van der Waals surface area contributed by atoms with Crippen molar-refractivity contribution in [3.8, 4) is 0 Å². The predicted molar refractivity (Wildman–Crippen MR) is 88.0 cm³/mol. The maximum atomic E-state index is 12.2. The van der Waals surface area contributed by atoms with Gasteiger partial charge in [-0.05, 0) is 29.8 Å². The van der Waals surface area contributed by atoms with Crippen molar-refractivity contribution in [3.05, 3.63) is 54.2 Å². The molecule has 0 unspecified atom stereocenters. The quantitative estimate of drug-likeness (QED) is 0.767. The molecule has 0 spiro atoms. The lowest BCUT2D eigenvalue weighted by molar-refractivity contribution is -0.115. The number of amides is 1. The molecule has 6 nitrogen and oxygen atoms in total. The number of carbonyl (C=O) groups excluding carboxylic acids is 1. The van der Waals surface area contributed by atoms with Crippen molar-refractivity contribution < 1.29 is 13.2 Å². The van der Waals surface area contributed by atoms with Gasteiger partial charge in [0, 0.05) is 17.3 Å². The Hall–Kier alpha value is -2.67. The van der Waals surface area contributed by atoms with Gasteiger partial charge in [0.2, 0.25) is 5.91 Å². The van der Waals surface area contributed by atoms with E-state index in [4.69, 9.17) is 0 Å². The molecular formula is C16H15N3O3S. The fraction of sp³-hybridized carbons (Fsp3) is 0.125. The first-order chi connectivity index (χ1) is 10.9. The van der Waals surface area contributed by atoms with Crippen LogP contribution in [0, 0.1) is 0 Å². The molecule has 0 aliphatic heterocycles. The van der Waals surface area contributed by atoms with Crippen LogP contribution in [0.1, 0.15) is 5.56 Å². The molecule has 0 aliphatic carbocycles. The van der Waals surface area contributed by atoms with Crippen LogP contribution >= 0.6 is 0 Å². The molecule has 3 aromatic rings. The Bertz CT molecular complexity index is 977. The third-order valence-electron chi connectivity index (χ3n) is 3.45. The van der Waals surface area contributed by atoms with E-state index >= 15 is 0 Å². The smallest absolute Gasteiger partial charge is 0.228 e. The summed E-state index contributed by atoms with van der Waals surface area (Å²) in [6.45, 7) is 0. The van der Waals surface area contributed by atoms with E-state index in [1.807, 2.05) is 6.07 Å². The summed E-state index contributed by atoms with van der Waals surface area (Å²) in [7, 11) is -3.37. The van der Waals surface area contributed by atoms with Gasteiger partial charge in [-0.15, -0.1) is 0 Å². The average molecular weight is 329 g/mol. The highest BCUT2D eigenvalue weighted by Crippen LogP contribution is 2.19. The molecular weight excluding hydrogens is 314 g/mol. The first-order valence-corrected chi connectivity index (χ1v) is 8.83. The first kappa shape index (κ1) is 15.2. The van der Waals surface area contributed by atoms with Gasteiger partial charge in [-0.1, -0.05) is 18.2 Å². The van der Waals surface area contributed by atoms with Crippen molar-refractivity contribution in [2.24, 2.45) is 0 Å². The van der Waals surface area contributed by atoms with E-state index in [0.717, 1.165) is 17.2 Å². The van der Waals surface area contributed by atoms with Crippen LogP contribution in [0.5, 0.6) is 0 Å². The Morgan fingerprint density at radius 1 is 1.22 bits per heavy atom. The summed E-state index contributed by atoms with van der Waals surface area (Å²) in [5.74, 6) is -0.278. The monoisotopic (exact) mass is 329 g/mol. The van der Waals surface area contributed by atoms with Crippen molar-refractivity contribution in [2.45, 2.75) is 11.3 Å². The molecule has 0 saturated carbocycles. The van der Waals surface area contributed by atoms with E-state index in [0.29, 0.717) is 11.3 Å². The van der Waals surface area contributed by atoms with Crippen molar-refractivity contribution in [1.82, 2.24) is 10.2 Å². The van der Waals surface area contributed by atoms with Gasteiger partial charge in [0.15, 0.2) is 9.84 Å². The van der Waals surface area contributed by atoms with E-state index in [9.17, 15) is 13.2 Å². The predicted octanol–water partition coefficient (Wildman–Crippen LogP) is 2.15. The van der Waals surface area contributed by atoms with Gasteiger partial charge in [-0.2, -0.15) is 5.10 Å². The molecule has 3 rings (SSSR count). The van der Waals surface area contributed by atoms with Crippen molar-refractivity contribution in [3.63, 3.8) is 0 Å². The topological polar surface area (TPSA) is 91.9 Å². The number of carbonyl (C=O) groups is 1. The van der Waals surface area contributed by atoms with E-state index < -0.39 is 9.84 Å². The molecule has 1 amide bonds. The number of nitrogens with one attached hydrogen (secondary N) is 2. The minimum atomic E-state index is -3.37. The number of benzene rings is 2. The van der Waals surface area contributed by atoms with Crippen LogP contribution in [0.4, 0.5) is 5.69 Å². The van der Waals surface area contributed by atoms with Gasteiger partial charge >= 0.3 is 0 Å². The highest BCUT2D eigenvalue weighted by Gasteiger charge is 2.15. The number of anilines is 1. The van der Waals surface area contributed by atoms with Crippen molar-refractivity contribution >= 4 is 32.3 Å². The zero-order valence-corrected chi connectivity index (χ0v) is 13.2. The number of hydrogen-bond donors (Lipinski definition) is 2. The molecule has 0 aliphatic rings. The second-order valence-electron chi connectivity index (χ2n) is 5.28. The highest BCUT2D eigenvalue weighted by molar-refractivity contribution is 7.90. The molecule has 7 heteroatoms. The summed E-state index contributed by atoms with van der Waals surface area (Å²) in [5, 5.41) is 10.5. The van der Waals surface area contributed by atoms with Gasteiger partial charge in [-0.25, -0.2) is 8.42 Å². The Balaban J connectivity index is 1.80. The third-order valence-corrected chi connectivity index (χ3v) is 4.65. The van der Waals surface area contributed by atoms with Crippen LogP contribution in [0.3, 0.4) is 0 Å². The van der Waals surface area contributed by atoms with Crippen LogP contribution in [0.25, 0.3) is 10.9 Å². The van der Waals surface area contributed by atoms with Crippen molar-refractivity contribution in [1.29, 1.82) is 0 Å². The summed E-state index contributed by atoms with van der Waals surface area (Å²) in [6.07, 6.45) is 2.82. The Labute approximate surface area is 133 Å².